The normalized spacial score (nSPS) is 10.6. The molecule has 2 heteroatoms. The molecule has 16 heavy (non-hydrogen) atoms. The Morgan fingerprint density at radius 3 is 1.81 bits per heavy atom. The van der Waals surface area contributed by atoms with Gasteiger partial charge >= 0.3 is 0 Å². The number of carbonyl (C=O) groups excluding carboxylic acids is 1. The molecule has 0 aliphatic carbocycles. The van der Waals surface area contributed by atoms with E-state index in [-0.39, 0.29) is 0 Å². The van der Waals surface area contributed by atoms with Crippen LogP contribution in [0.1, 0.15) is 78.1 Å². The van der Waals surface area contributed by atoms with Crippen LogP contribution < -0.4 is 0 Å². The summed E-state index contributed by atoms with van der Waals surface area (Å²) in [5.74, 6) is 0.927. The van der Waals surface area contributed by atoms with Crippen LogP contribution in [0.5, 0.6) is 0 Å². The summed E-state index contributed by atoms with van der Waals surface area (Å²) in [6.07, 6.45) is 12.7. The minimum atomic E-state index is 0.380. The number of hydrogen-bond donors (Lipinski definition) is 0. The van der Waals surface area contributed by atoms with Crippen LogP contribution >= 0.6 is 11.8 Å². The number of rotatable bonds is 11. The fourth-order valence-electron chi connectivity index (χ4n) is 1.81. The van der Waals surface area contributed by atoms with Crippen molar-refractivity contribution in [3.63, 3.8) is 0 Å². The molecule has 0 amide bonds. The first kappa shape index (κ1) is 16.0. The minimum Gasteiger partial charge on any atom is -0.287 e. The molecule has 0 rings (SSSR count). The van der Waals surface area contributed by atoms with Crippen LogP contribution in [-0.4, -0.2) is 10.9 Å². The Kier molecular flexibility index (Phi) is 13.1. The zero-order valence-electron chi connectivity index (χ0n) is 11.1. The lowest BCUT2D eigenvalue weighted by atomic mass is 10.1. The van der Waals surface area contributed by atoms with Gasteiger partial charge < -0.3 is 0 Å². The van der Waals surface area contributed by atoms with E-state index in [1.165, 1.54) is 63.1 Å². The summed E-state index contributed by atoms with van der Waals surface area (Å²) in [4.78, 5) is 11.2. The van der Waals surface area contributed by atoms with Gasteiger partial charge in [0.2, 0.25) is 0 Å². The fraction of sp³-hybridized carbons (Fsp3) is 0.929. The van der Waals surface area contributed by atoms with Crippen LogP contribution in [0.15, 0.2) is 0 Å². The van der Waals surface area contributed by atoms with Crippen molar-refractivity contribution in [2.45, 2.75) is 78.1 Å². The quantitative estimate of drug-likeness (QED) is 0.465. The molecule has 96 valence electrons. The van der Waals surface area contributed by atoms with Gasteiger partial charge in [-0.15, -0.1) is 0 Å². The summed E-state index contributed by atoms with van der Waals surface area (Å²) in [6.45, 7) is 4.30. The van der Waals surface area contributed by atoms with E-state index in [0.717, 1.165) is 18.6 Å². The molecule has 0 N–H and O–H groups in total. The molecule has 0 bridgehead atoms. The highest BCUT2D eigenvalue weighted by atomic mass is 32.2. The van der Waals surface area contributed by atoms with Crippen LogP contribution in [-0.2, 0) is 4.79 Å². The summed E-state index contributed by atoms with van der Waals surface area (Å²) in [5.41, 5.74) is 0. The lowest BCUT2D eigenvalue weighted by Crippen LogP contribution is -1.91. The van der Waals surface area contributed by atoms with Crippen LogP contribution in [0, 0.1) is 0 Å². The van der Waals surface area contributed by atoms with E-state index in [1.54, 1.807) is 0 Å². The van der Waals surface area contributed by atoms with Gasteiger partial charge in [0.1, 0.15) is 0 Å². The molecule has 1 nitrogen and oxygen atoms in total. The molecular weight excluding hydrogens is 216 g/mol. The van der Waals surface area contributed by atoms with Gasteiger partial charge in [-0.2, -0.15) is 0 Å². The van der Waals surface area contributed by atoms with Gasteiger partial charge in [0.15, 0.2) is 5.12 Å². The Balaban J connectivity index is 3.01. The average molecular weight is 244 g/mol. The Hall–Kier alpha value is 0.0200. The lowest BCUT2D eigenvalue weighted by Gasteiger charge is -2.01. The number of carbonyl (C=O) groups is 1. The van der Waals surface area contributed by atoms with E-state index in [4.69, 9.17) is 0 Å². The Morgan fingerprint density at radius 1 is 0.812 bits per heavy atom. The summed E-state index contributed by atoms with van der Waals surface area (Å²) < 4.78 is 0. The van der Waals surface area contributed by atoms with Crippen molar-refractivity contribution in [3.8, 4) is 0 Å². The fourth-order valence-corrected chi connectivity index (χ4v) is 2.42. The van der Waals surface area contributed by atoms with Crippen molar-refractivity contribution in [2.75, 3.05) is 5.75 Å². The van der Waals surface area contributed by atoms with E-state index >= 15 is 0 Å². The second kappa shape index (κ2) is 13.1. The van der Waals surface area contributed by atoms with E-state index in [1.807, 2.05) is 6.92 Å². The van der Waals surface area contributed by atoms with Gasteiger partial charge in [0.25, 0.3) is 0 Å². The van der Waals surface area contributed by atoms with Gasteiger partial charge in [0.05, 0.1) is 0 Å². The van der Waals surface area contributed by atoms with Gasteiger partial charge in [0, 0.05) is 6.42 Å². The molecule has 0 atom stereocenters. The van der Waals surface area contributed by atoms with E-state index < -0.39 is 0 Å². The van der Waals surface area contributed by atoms with Crippen LogP contribution in [0.3, 0.4) is 0 Å². The third kappa shape index (κ3) is 12.1. The molecule has 0 aliphatic heterocycles. The maximum atomic E-state index is 11.2. The van der Waals surface area contributed by atoms with Crippen molar-refractivity contribution >= 4 is 16.9 Å². The van der Waals surface area contributed by atoms with Crippen molar-refractivity contribution in [2.24, 2.45) is 0 Å². The van der Waals surface area contributed by atoms with Gasteiger partial charge in [-0.1, -0.05) is 77.0 Å². The summed E-state index contributed by atoms with van der Waals surface area (Å²) in [5, 5.41) is 0.380. The maximum absolute atomic E-state index is 11.2. The third-order valence-corrected chi connectivity index (χ3v) is 3.60. The van der Waals surface area contributed by atoms with Crippen molar-refractivity contribution in [1.29, 1.82) is 0 Å². The van der Waals surface area contributed by atoms with Gasteiger partial charge in [-0.05, 0) is 12.2 Å². The number of unbranched alkanes of at least 4 members (excludes halogenated alkanes) is 8. The zero-order valence-corrected chi connectivity index (χ0v) is 11.9. The highest BCUT2D eigenvalue weighted by Gasteiger charge is 2.00. The van der Waals surface area contributed by atoms with E-state index in [0.29, 0.717) is 5.12 Å². The first-order chi connectivity index (χ1) is 7.81. The van der Waals surface area contributed by atoms with Gasteiger partial charge in [-0.3, -0.25) is 4.79 Å². The first-order valence-corrected chi connectivity index (χ1v) is 7.95. The largest absolute Gasteiger partial charge is 0.287 e. The predicted octanol–water partition coefficient (Wildman–Crippen LogP) is 5.19. The highest BCUT2D eigenvalue weighted by molar-refractivity contribution is 8.13. The molecule has 0 heterocycles. The second-order valence-electron chi connectivity index (χ2n) is 4.38. The maximum Gasteiger partial charge on any atom is 0.188 e. The summed E-state index contributed by atoms with van der Waals surface area (Å²) >= 11 is 1.47. The molecule has 0 unspecified atom stereocenters. The molecule has 0 radical (unpaired) electrons. The molecule has 0 aromatic carbocycles. The number of hydrogen-bond acceptors (Lipinski definition) is 2. The smallest absolute Gasteiger partial charge is 0.188 e. The Labute approximate surface area is 106 Å². The SMILES string of the molecule is CCCCCCCCCCCC(=O)SCC. The molecule has 0 saturated carbocycles. The summed E-state index contributed by atoms with van der Waals surface area (Å²) in [6, 6.07) is 0. The Morgan fingerprint density at radius 2 is 1.31 bits per heavy atom. The Bertz CT molecular complexity index is 157. The topological polar surface area (TPSA) is 17.1 Å². The molecule has 0 aromatic heterocycles. The minimum absolute atomic E-state index is 0.380. The van der Waals surface area contributed by atoms with Crippen molar-refractivity contribution < 1.29 is 4.79 Å². The second-order valence-corrected chi connectivity index (χ2v) is 5.70. The van der Waals surface area contributed by atoms with E-state index in [2.05, 4.69) is 6.92 Å². The molecular formula is C14H28OS. The summed E-state index contributed by atoms with van der Waals surface area (Å²) in [7, 11) is 0. The van der Waals surface area contributed by atoms with Crippen LogP contribution in [0.25, 0.3) is 0 Å². The van der Waals surface area contributed by atoms with Crippen LogP contribution in [0.4, 0.5) is 0 Å². The lowest BCUT2D eigenvalue weighted by molar-refractivity contribution is -0.111. The van der Waals surface area contributed by atoms with Crippen molar-refractivity contribution in [1.82, 2.24) is 0 Å². The van der Waals surface area contributed by atoms with Crippen LogP contribution in [0.2, 0.25) is 0 Å². The molecule has 0 aromatic rings. The zero-order chi connectivity index (χ0) is 12.1. The molecule has 0 fully saturated rings. The van der Waals surface area contributed by atoms with Gasteiger partial charge in [-0.25, -0.2) is 0 Å². The average Bonchev–Trinajstić information content (AvgIpc) is 2.27. The highest BCUT2D eigenvalue weighted by Crippen LogP contribution is 2.13. The molecule has 0 spiro atoms. The molecule has 0 aliphatic rings. The molecule has 0 saturated heterocycles. The number of thioether (sulfide) groups is 1. The standard InChI is InChI=1S/C14H28OS/c1-3-5-6-7-8-9-10-11-12-13-14(15)16-4-2/h3-13H2,1-2H3. The van der Waals surface area contributed by atoms with Crippen molar-refractivity contribution in [3.05, 3.63) is 0 Å². The van der Waals surface area contributed by atoms with E-state index in [9.17, 15) is 4.79 Å². The third-order valence-electron chi connectivity index (χ3n) is 2.79. The monoisotopic (exact) mass is 244 g/mol. The predicted molar refractivity (Wildman–Crippen MR) is 75.0 cm³/mol. The first-order valence-electron chi connectivity index (χ1n) is 6.96.